The highest BCUT2D eigenvalue weighted by Gasteiger charge is 2.30. The number of hydrogen-bond acceptors (Lipinski definition) is 13. The fourth-order valence-corrected chi connectivity index (χ4v) is 7.03. The molecule has 314 valence electrons. The van der Waals surface area contributed by atoms with E-state index in [1.807, 2.05) is 61.5 Å². The second kappa shape index (κ2) is 18.7. The van der Waals surface area contributed by atoms with Crippen molar-refractivity contribution >= 4 is 59.2 Å². The summed E-state index contributed by atoms with van der Waals surface area (Å²) in [5.41, 5.74) is 2.98. The number of benzene rings is 4. The zero-order chi connectivity index (χ0) is 43.1. The number of aliphatic hydroxyl groups excluding tert-OH is 5. The summed E-state index contributed by atoms with van der Waals surface area (Å²) < 4.78 is 13.4. The lowest BCUT2D eigenvalue weighted by Crippen LogP contribution is -2.49. The van der Waals surface area contributed by atoms with Gasteiger partial charge in [-0.1, -0.05) is 61.6 Å². The van der Waals surface area contributed by atoms with Crippen LogP contribution in [0.15, 0.2) is 97.2 Å². The Morgan fingerprint density at radius 3 is 2.27 bits per heavy atom. The van der Waals surface area contributed by atoms with Crippen molar-refractivity contribution < 1.29 is 44.6 Å². The molecule has 2 aromatic heterocycles. The number of rotatable bonds is 16. The first-order chi connectivity index (χ1) is 28.6. The Kier molecular flexibility index (Phi) is 13.4. The number of carbonyl (C=O) groups is 2. The van der Waals surface area contributed by atoms with E-state index in [4.69, 9.17) is 19.7 Å². The van der Waals surface area contributed by atoms with Gasteiger partial charge in [0.25, 0.3) is 5.91 Å². The number of methoxy groups -OCH3 is 1. The Hall–Kier alpha value is -6.41. The Morgan fingerprint density at radius 2 is 1.57 bits per heavy atom. The molecule has 0 spiro atoms. The lowest BCUT2D eigenvalue weighted by atomic mass is 10.0. The number of nitrogens with zero attached hydrogens (tertiary/aromatic N) is 4. The maximum atomic E-state index is 13.5. The first-order valence-electron chi connectivity index (χ1n) is 19.0. The van der Waals surface area contributed by atoms with Crippen molar-refractivity contribution in [1.82, 2.24) is 25.1 Å². The maximum Gasteiger partial charge on any atom is 0.324 e. The SMILES string of the molecule is COc1cc(Nc2nccc(Oc3ccc(NC(=O)Nc4cc([Si](C)(C)C)nn4-c4ccc(C)cc4)c4ccccc34)n2)cc(C(=O)NC[C@H](O)[C@@H](O)[C@H](O)[C@H](O)CO)c1. The molecule has 0 fully saturated rings. The average molecular weight is 837 g/mol. The number of aryl methyl sites for hydroxylation is 1. The summed E-state index contributed by atoms with van der Waals surface area (Å²) in [6.45, 7) is 7.30. The molecule has 3 amide bonds. The predicted molar refractivity (Wildman–Crippen MR) is 230 cm³/mol. The number of carbonyl (C=O) groups excluding carboxylic acids is 2. The minimum Gasteiger partial charge on any atom is -0.497 e. The van der Waals surface area contributed by atoms with Crippen LogP contribution < -0.4 is 36.1 Å². The summed E-state index contributed by atoms with van der Waals surface area (Å²) in [6, 6.07) is 26.5. The number of nitrogens with one attached hydrogen (secondary N) is 4. The minimum atomic E-state index is -1.84. The molecule has 0 aliphatic heterocycles. The Labute approximate surface area is 346 Å². The smallest absolute Gasteiger partial charge is 0.324 e. The zero-order valence-corrected chi connectivity index (χ0v) is 34.6. The van der Waals surface area contributed by atoms with Crippen LogP contribution in [-0.4, -0.2) is 110 Å². The van der Waals surface area contributed by atoms with Crippen LogP contribution in [0.2, 0.25) is 19.6 Å². The van der Waals surface area contributed by atoms with Gasteiger partial charge in [0, 0.05) is 52.2 Å². The van der Waals surface area contributed by atoms with Gasteiger partial charge >= 0.3 is 6.03 Å². The molecule has 0 radical (unpaired) electrons. The minimum absolute atomic E-state index is 0.115. The number of urea groups is 1. The molecule has 18 heteroatoms. The number of aromatic nitrogens is 4. The fourth-order valence-electron chi connectivity index (χ4n) is 6.06. The molecule has 0 saturated carbocycles. The van der Waals surface area contributed by atoms with Crippen LogP contribution in [0.25, 0.3) is 16.5 Å². The van der Waals surface area contributed by atoms with Crippen molar-refractivity contribution in [3.05, 3.63) is 108 Å². The third-order valence-electron chi connectivity index (χ3n) is 9.43. The summed E-state index contributed by atoms with van der Waals surface area (Å²) in [5.74, 6) is 0.992. The quantitative estimate of drug-likeness (QED) is 0.0627. The number of hydrogen-bond donors (Lipinski definition) is 9. The van der Waals surface area contributed by atoms with Crippen LogP contribution in [-0.2, 0) is 0 Å². The van der Waals surface area contributed by atoms with Crippen molar-refractivity contribution in [2.75, 3.05) is 36.2 Å². The summed E-state index contributed by atoms with van der Waals surface area (Å²) in [5, 5.41) is 67.5. The van der Waals surface area contributed by atoms with Gasteiger partial charge in [0.15, 0.2) is 0 Å². The van der Waals surface area contributed by atoms with Crippen LogP contribution in [0.5, 0.6) is 17.4 Å². The highest BCUT2D eigenvalue weighted by atomic mass is 28.3. The molecular weight excluding hydrogens is 789 g/mol. The van der Waals surface area contributed by atoms with E-state index < -0.39 is 57.6 Å². The first-order valence-corrected chi connectivity index (χ1v) is 22.5. The number of anilines is 4. The van der Waals surface area contributed by atoms with Crippen LogP contribution >= 0.6 is 0 Å². The molecule has 2 heterocycles. The lowest BCUT2D eigenvalue weighted by molar-refractivity contribution is -0.113. The van der Waals surface area contributed by atoms with Crippen LogP contribution in [0.1, 0.15) is 15.9 Å². The summed E-state index contributed by atoms with van der Waals surface area (Å²) in [6.07, 6.45) is -5.51. The van der Waals surface area contributed by atoms with Crippen molar-refractivity contribution in [2.24, 2.45) is 0 Å². The molecular formula is C42H48N8O9Si. The van der Waals surface area contributed by atoms with Gasteiger partial charge < -0.3 is 51.0 Å². The van der Waals surface area contributed by atoms with Crippen molar-refractivity contribution in [3.8, 4) is 23.1 Å². The van der Waals surface area contributed by atoms with Gasteiger partial charge in [-0.15, -0.1) is 0 Å². The Bertz CT molecular complexity index is 2460. The second-order valence-electron chi connectivity index (χ2n) is 15.1. The molecule has 4 aromatic carbocycles. The number of amides is 3. The monoisotopic (exact) mass is 836 g/mol. The van der Waals surface area contributed by atoms with E-state index in [2.05, 4.69) is 50.9 Å². The molecule has 0 saturated heterocycles. The molecule has 6 rings (SSSR count). The molecule has 6 aromatic rings. The molecule has 0 bridgehead atoms. The highest BCUT2D eigenvalue weighted by molar-refractivity contribution is 6.88. The second-order valence-corrected chi connectivity index (χ2v) is 20.1. The van der Waals surface area contributed by atoms with Gasteiger partial charge in [0.2, 0.25) is 11.8 Å². The third-order valence-corrected chi connectivity index (χ3v) is 11.2. The summed E-state index contributed by atoms with van der Waals surface area (Å²) >= 11 is 0. The van der Waals surface area contributed by atoms with Gasteiger partial charge in [-0.3, -0.25) is 10.1 Å². The van der Waals surface area contributed by atoms with Crippen LogP contribution in [0.4, 0.5) is 27.9 Å². The fraction of sp³-hybridized carbons (Fsp3) is 0.262. The number of aliphatic hydroxyl groups is 5. The average Bonchev–Trinajstić information content (AvgIpc) is 3.67. The first kappa shape index (κ1) is 43.2. The molecule has 0 unspecified atom stereocenters. The van der Waals surface area contributed by atoms with E-state index in [1.54, 1.807) is 28.9 Å². The normalized spacial score (nSPS) is 13.5. The number of ether oxygens (including phenoxy) is 2. The predicted octanol–water partition coefficient (Wildman–Crippen LogP) is 4.02. The molecule has 9 N–H and O–H groups in total. The number of fused-ring (bicyclic) bond motifs is 1. The molecule has 0 aliphatic rings. The van der Waals surface area contributed by atoms with Crippen molar-refractivity contribution in [2.45, 2.75) is 51.0 Å². The largest absolute Gasteiger partial charge is 0.497 e. The highest BCUT2D eigenvalue weighted by Crippen LogP contribution is 2.34. The van der Waals surface area contributed by atoms with Crippen LogP contribution in [0, 0.1) is 6.92 Å². The van der Waals surface area contributed by atoms with Gasteiger partial charge in [-0.05, 0) is 49.4 Å². The van der Waals surface area contributed by atoms with Crippen LogP contribution in [0.3, 0.4) is 0 Å². The van der Waals surface area contributed by atoms with Gasteiger partial charge in [0.1, 0.15) is 43.7 Å². The van der Waals surface area contributed by atoms with E-state index in [1.165, 1.54) is 25.4 Å². The van der Waals surface area contributed by atoms with Gasteiger partial charge in [-0.25, -0.2) is 14.5 Å². The van der Waals surface area contributed by atoms with E-state index in [9.17, 15) is 30.0 Å². The molecule has 0 aliphatic carbocycles. The molecule has 60 heavy (non-hydrogen) atoms. The van der Waals surface area contributed by atoms with Crippen molar-refractivity contribution in [1.29, 1.82) is 0 Å². The standard InChI is InChI=1S/C42H48N8O9Si/c1-24-10-12-27(13-11-24)50-35(21-37(49-50)60(3,4)5)47-42(57)46-31-14-15-34(30-9-7-6-8-29(30)31)59-36-16-17-43-41(48-36)45-26-18-25(19-28(20-26)58-2)40(56)44-22-32(52)38(54)39(55)33(53)23-51/h6-21,32-33,38-39,51-55H,22-23H2,1-5H3,(H,44,56)(H,43,45,48)(H2,46,47,57)/t32-,33+,38+,39+/m0/s1. The van der Waals surface area contributed by atoms with E-state index in [-0.39, 0.29) is 17.4 Å². The summed E-state index contributed by atoms with van der Waals surface area (Å²) in [7, 11) is -0.397. The Morgan fingerprint density at radius 1 is 0.850 bits per heavy atom. The Balaban J connectivity index is 1.16. The van der Waals surface area contributed by atoms with Gasteiger partial charge in [0.05, 0.1) is 31.2 Å². The van der Waals surface area contributed by atoms with Gasteiger partial charge in [-0.2, -0.15) is 10.1 Å². The van der Waals surface area contributed by atoms with E-state index in [0.29, 0.717) is 34.1 Å². The summed E-state index contributed by atoms with van der Waals surface area (Å²) in [4.78, 5) is 35.3. The van der Waals surface area contributed by atoms with Crippen molar-refractivity contribution in [3.63, 3.8) is 0 Å². The molecule has 4 atom stereocenters. The van der Waals surface area contributed by atoms with E-state index >= 15 is 0 Å². The molecule has 17 nitrogen and oxygen atoms in total. The lowest BCUT2D eigenvalue weighted by Gasteiger charge is -2.25. The topological polar surface area (TPSA) is 245 Å². The van der Waals surface area contributed by atoms with E-state index in [0.717, 1.165) is 22.0 Å². The maximum absolute atomic E-state index is 13.5. The third kappa shape index (κ3) is 10.4. The zero-order valence-electron chi connectivity index (χ0n) is 33.6.